The molecule has 2 aromatic rings. The summed E-state index contributed by atoms with van der Waals surface area (Å²) in [7, 11) is 0. The summed E-state index contributed by atoms with van der Waals surface area (Å²) in [5.41, 5.74) is 3.56. The molecule has 2 N–H and O–H groups in total. The van der Waals surface area contributed by atoms with E-state index in [1.165, 1.54) is 0 Å². The zero-order chi connectivity index (χ0) is 15.5. The van der Waals surface area contributed by atoms with Crippen LogP contribution in [0.2, 0.25) is 0 Å². The highest BCUT2D eigenvalue weighted by molar-refractivity contribution is 8.00. The van der Waals surface area contributed by atoms with Crippen LogP contribution in [0.25, 0.3) is 11.0 Å². The molecule has 0 aliphatic carbocycles. The van der Waals surface area contributed by atoms with Gasteiger partial charge in [0.25, 0.3) is 0 Å². The Balaban J connectivity index is 2.19. The zero-order valence-corrected chi connectivity index (χ0v) is 12.5. The summed E-state index contributed by atoms with van der Waals surface area (Å²) < 4.78 is 38.4. The summed E-state index contributed by atoms with van der Waals surface area (Å²) in [5, 5.41) is 0.971. The van der Waals surface area contributed by atoms with Gasteiger partial charge in [0.15, 0.2) is 0 Å². The molecule has 0 bridgehead atoms. The molecule has 0 spiro atoms. The van der Waals surface area contributed by atoms with Gasteiger partial charge >= 0.3 is 5.51 Å². The predicted molar refractivity (Wildman–Crippen MR) is 80.2 cm³/mol. The average Bonchev–Trinajstić information content (AvgIpc) is 2.76. The fraction of sp³-hybridized carbons (Fsp3) is 0.500. The molecule has 21 heavy (non-hydrogen) atoms. The molecule has 0 radical (unpaired) electrons. The number of aryl methyl sites for hydroxylation is 1. The van der Waals surface area contributed by atoms with Gasteiger partial charge in [-0.25, -0.2) is 4.98 Å². The van der Waals surface area contributed by atoms with Gasteiger partial charge in [-0.1, -0.05) is 6.92 Å². The van der Waals surface area contributed by atoms with Crippen molar-refractivity contribution in [3.05, 3.63) is 30.1 Å². The molecular weight excluding hydrogens is 299 g/mol. The van der Waals surface area contributed by atoms with Crippen LogP contribution in [0.4, 0.5) is 13.2 Å². The number of hydrogen-bond donors (Lipinski definition) is 1. The van der Waals surface area contributed by atoms with Gasteiger partial charge < -0.3 is 10.3 Å². The van der Waals surface area contributed by atoms with E-state index in [4.69, 9.17) is 5.73 Å². The minimum absolute atomic E-state index is 0.00868. The molecule has 0 aliphatic heterocycles. The number of fused-ring (bicyclic) bond motifs is 1. The molecule has 0 amide bonds. The van der Waals surface area contributed by atoms with Crippen LogP contribution in [0, 0.1) is 0 Å². The van der Waals surface area contributed by atoms with Crippen LogP contribution < -0.4 is 5.73 Å². The molecule has 116 valence electrons. The van der Waals surface area contributed by atoms with Crippen LogP contribution >= 0.6 is 11.8 Å². The Morgan fingerprint density at radius 2 is 2.19 bits per heavy atom. The quantitative estimate of drug-likeness (QED) is 0.886. The first-order valence-corrected chi connectivity index (χ1v) is 7.78. The highest BCUT2D eigenvalue weighted by Gasteiger charge is 2.27. The molecule has 2 rings (SSSR count). The van der Waals surface area contributed by atoms with Gasteiger partial charge in [0.2, 0.25) is 0 Å². The first-order valence-electron chi connectivity index (χ1n) is 6.79. The summed E-state index contributed by atoms with van der Waals surface area (Å²) in [6.07, 6.45) is 5.10. The first-order chi connectivity index (χ1) is 9.90. The van der Waals surface area contributed by atoms with Crippen molar-refractivity contribution in [1.29, 1.82) is 0 Å². The molecule has 2 aromatic heterocycles. The van der Waals surface area contributed by atoms with Crippen LogP contribution in [-0.2, 0) is 13.0 Å². The second kappa shape index (κ2) is 6.70. The number of nitrogens with two attached hydrogens (primary N) is 1. The average molecular weight is 317 g/mol. The molecule has 0 saturated heterocycles. The Kier molecular flexibility index (Phi) is 5.16. The maximum Gasteiger partial charge on any atom is 0.441 e. The zero-order valence-electron chi connectivity index (χ0n) is 11.7. The molecule has 0 aliphatic rings. The summed E-state index contributed by atoms with van der Waals surface area (Å²) in [6, 6.07) is 3.82. The topological polar surface area (TPSA) is 43.8 Å². The van der Waals surface area contributed by atoms with Crippen LogP contribution in [0.5, 0.6) is 0 Å². The van der Waals surface area contributed by atoms with Gasteiger partial charge in [-0.3, -0.25) is 0 Å². The Morgan fingerprint density at radius 1 is 1.43 bits per heavy atom. The van der Waals surface area contributed by atoms with E-state index in [1.807, 2.05) is 25.3 Å². The maximum atomic E-state index is 12.2. The summed E-state index contributed by atoms with van der Waals surface area (Å²) in [4.78, 5) is 4.28. The van der Waals surface area contributed by atoms with E-state index in [1.54, 1.807) is 10.8 Å². The standard InChI is InChI=1S/C14H18F3N3S/c1-2-11(18)8-10-9-20(6-7-21-14(15,16)17)13-12(10)4-3-5-19-13/h3-5,9,11H,2,6-8,18H2,1H3. The number of alkyl halides is 3. The summed E-state index contributed by atoms with van der Waals surface area (Å²) in [6.45, 7) is 2.29. The van der Waals surface area contributed by atoms with Crippen molar-refractivity contribution in [2.45, 2.75) is 37.9 Å². The number of nitrogens with zero attached hydrogens (tertiary/aromatic N) is 2. The first kappa shape index (κ1) is 16.2. The van der Waals surface area contributed by atoms with Crippen LogP contribution in [0.15, 0.2) is 24.5 Å². The molecule has 7 heteroatoms. The van der Waals surface area contributed by atoms with Crippen molar-refractivity contribution in [2.24, 2.45) is 5.73 Å². The molecule has 1 atom stereocenters. The fourth-order valence-corrected chi connectivity index (χ4v) is 2.73. The molecule has 0 fully saturated rings. The van der Waals surface area contributed by atoms with E-state index >= 15 is 0 Å². The highest BCUT2D eigenvalue weighted by Crippen LogP contribution is 2.30. The Labute approximate surface area is 125 Å². The number of pyridine rings is 1. The molecule has 3 nitrogen and oxygen atoms in total. The number of rotatable bonds is 6. The SMILES string of the molecule is CCC(N)Cc1cn(CCSC(F)(F)F)c2ncccc12. The van der Waals surface area contributed by atoms with Crippen molar-refractivity contribution in [1.82, 2.24) is 9.55 Å². The van der Waals surface area contributed by atoms with Crippen LogP contribution in [-0.4, -0.2) is 26.9 Å². The second-order valence-corrected chi connectivity index (χ2v) is 6.05. The van der Waals surface area contributed by atoms with Gasteiger partial charge in [0.1, 0.15) is 5.65 Å². The van der Waals surface area contributed by atoms with E-state index in [0.29, 0.717) is 6.42 Å². The monoisotopic (exact) mass is 317 g/mol. The third-order valence-corrected chi connectivity index (χ3v) is 4.03. The number of thioether (sulfide) groups is 1. The van der Waals surface area contributed by atoms with Crippen molar-refractivity contribution in [3.63, 3.8) is 0 Å². The fourth-order valence-electron chi connectivity index (χ4n) is 2.21. The van der Waals surface area contributed by atoms with Gasteiger partial charge in [-0.05, 0) is 42.3 Å². The second-order valence-electron chi connectivity index (χ2n) is 4.89. The van der Waals surface area contributed by atoms with E-state index in [0.717, 1.165) is 23.0 Å². The number of aromatic nitrogens is 2. The Hall–Kier alpha value is -1.21. The summed E-state index contributed by atoms with van der Waals surface area (Å²) >= 11 is -0.00868. The van der Waals surface area contributed by atoms with E-state index in [-0.39, 0.29) is 30.1 Å². The number of hydrogen-bond acceptors (Lipinski definition) is 3. The van der Waals surface area contributed by atoms with Crippen molar-refractivity contribution >= 4 is 22.8 Å². The Bertz CT molecular complexity index is 595. The third kappa shape index (κ3) is 4.38. The smallest absolute Gasteiger partial charge is 0.331 e. The van der Waals surface area contributed by atoms with Crippen LogP contribution in [0.1, 0.15) is 18.9 Å². The lowest BCUT2D eigenvalue weighted by Crippen LogP contribution is -2.21. The lowest BCUT2D eigenvalue weighted by atomic mass is 10.1. The molecule has 1 unspecified atom stereocenters. The van der Waals surface area contributed by atoms with Crippen molar-refractivity contribution in [2.75, 3.05) is 5.75 Å². The van der Waals surface area contributed by atoms with Gasteiger partial charge in [0.05, 0.1) is 0 Å². The highest BCUT2D eigenvalue weighted by atomic mass is 32.2. The van der Waals surface area contributed by atoms with E-state index in [2.05, 4.69) is 4.98 Å². The predicted octanol–water partition coefficient (Wildman–Crippen LogP) is 3.57. The minimum Gasteiger partial charge on any atom is -0.331 e. The van der Waals surface area contributed by atoms with Gasteiger partial charge in [0, 0.05) is 36.1 Å². The molecule has 0 saturated carbocycles. The lowest BCUT2D eigenvalue weighted by Gasteiger charge is -2.07. The van der Waals surface area contributed by atoms with E-state index in [9.17, 15) is 13.2 Å². The third-order valence-electron chi connectivity index (χ3n) is 3.32. The molecule has 0 aromatic carbocycles. The van der Waals surface area contributed by atoms with Crippen molar-refractivity contribution in [3.8, 4) is 0 Å². The van der Waals surface area contributed by atoms with Crippen LogP contribution in [0.3, 0.4) is 0 Å². The van der Waals surface area contributed by atoms with Gasteiger partial charge in [-0.15, -0.1) is 0 Å². The minimum atomic E-state index is -4.19. The maximum absolute atomic E-state index is 12.2. The lowest BCUT2D eigenvalue weighted by molar-refractivity contribution is -0.0328. The summed E-state index contributed by atoms with van der Waals surface area (Å²) in [5.74, 6) is -0.0247. The van der Waals surface area contributed by atoms with Gasteiger partial charge in [-0.2, -0.15) is 13.2 Å². The largest absolute Gasteiger partial charge is 0.441 e. The normalized spacial score (nSPS) is 13.8. The molecule has 2 heterocycles. The van der Waals surface area contributed by atoms with Crippen molar-refractivity contribution < 1.29 is 13.2 Å². The van der Waals surface area contributed by atoms with E-state index < -0.39 is 5.51 Å². The molecular formula is C14H18F3N3S. The Morgan fingerprint density at radius 3 is 2.86 bits per heavy atom. The number of halogens is 3.